The Hall–Kier alpha value is -2.45. The van der Waals surface area contributed by atoms with Gasteiger partial charge in [-0.25, -0.2) is 0 Å². The van der Waals surface area contributed by atoms with Gasteiger partial charge in [-0.15, -0.1) is 0 Å². The highest BCUT2D eigenvalue weighted by molar-refractivity contribution is 6.05. The molecule has 1 aliphatic carbocycles. The molecule has 3 amide bonds. The maximum absolute atomic E-state index is 12.9. The van der Waals surface area contributed by atoms with E-state index >= 15 is 0 Å². The smallest absolute Gasteiger partial charge is 0.255 e. The average Bonchev–Trinajstić information content (AvgIpc) is 3.06. The van der Waals surface area contributed by atoms with Crippen LogP contribution in [0.4, 0.5) is 0 Å². The molecule has 0 spiro atoms. The molecule has 8 heteroatoms. The number of likely N-dealkylation sites (tertiary alicyclic amines) is 1. The SMILES string of the molecule is CC(C)OC1CN([C@H]2CCCC[C@H]2Oc2ccc3c(c2)CN(C2CCC(=O)NC2=O)C3=O)C1. The van der Waals surface area contributed by atoms with Crippen molar-refractivity contribution in [2.45, 2.75) is 89.3 Å². The van der Waals surface area contributed by atoms with E-state index in [-0.39, 0.29) is 36.4 Å². The van der Waals surface area contributed by atoms with Gasteiger partial charge in [-0.2, -0.15) is 0 Å². The van der Waals surface area contributed by atoms with E-state index in [9.17, 15) is 14.4 Å². The molecule has 1 saturated carbocycles. The molecule has 33 heavy (non-hydrogen) atoms. The van der Waals surface area contributed by atoms with Gasteiger partial charge >= 0.3 is 0 Å². The normalized spacial score (nSPS) is 28.6. The van der Waals surface area contributed by atoms with Crippen molar-refractivity contribution in [3.05, 3.63) is 29.3 Å². The Morgan fingerprint density at radius 1 is 1.06 bits per heavy atom. The molecule has 1 N–H and O–H groups in total. The number of hydrogen-bond acceptors (Lipinski definition) is 6. The third-order valence-electron chi connectivity index (χ3n) is 7.26. The zero-order chi connectivity index (χ0) is 23.1. The maximum atomic E-state index is 12.9. The molecule has 1 aromatic carbocycles. The Morgan fingerprint density at radius 2 is 1.85 bits per heavy atom. The van der Waals surface area contributed by atoms with E-state index in [4.69, 9.17) is 9.47 Å². The third kappa shape index (κ3) is 4.51. The molecule has 178 valence electrons. The van der Waals surface area contributed by atoms with E-state index in [0.29, 0.717) is 30.7 Å². The van der Waals surface area contributed by atoms with Crippen LogP contribution in [-0.2, 0) is 20.9 Å². The molecule has 5 rings (SSSR count). The highest BCUT2D eigenvalue weighted by Crippen LogP contribution is 2.34. The van der Waals surface area contributed by atoms with Gasteiger partial charge in [0, 0.05) is 37.7 Å². The first-order chi connectivity index (χ1) is 15.9. The minimum absolute atomic E-state index is 0.125. The van der Waals surface area contributed by atoms with Crippen molar-refractivity contribution in [3.8, 4) is 5.75 Å². The van der Waals surface area contributed by atoms with Crippen molar-refractivity contribution in [2.75, 3.05) is 13.1 Å². The van der Waals surface area contributed by atoms with Gasteiger partial charge in [0.15, 0.2) is 0 Å². The van der Waals surface area contributed by atoms with Crippen LogP contribution in [0.5, 0.6) is 5.75 Å². The number of carbonyl (C=O) groups excluding carboxylic acids is 3. The van der Waals surface area contributed by atoms with Crippen LogP contribution in [0.3, 0.4) is 0 Å². The molecule has 1 unspecified atom stereocenters. The summed E-state index contributed by atoms with van der Waals surface area (Å²) in [5.41, 5.74) is 1.49. The van der Waals surface area contributed by atoms with Crippen molar-refractivity contribution in [1.82, 2.24) is 15.1 Å². The van der Waals surface area contributed by atoms with Crippen molar-refractivity contribution < 1.29 is 23.9 Å². The minimum Gasteiger partial charge on any atom is -0.489 e. The molecule has 3 fully saturated rings. The molecular formula is C25H33N3O5. The second kappa shape index (κ2) is 9.06. The monoisotopic (exact) mass is 455 g/mol. The van der Waals surface area contributed by atoms with E-state index in [1.807, 2.05) is 18.2 Å². The molecular weight excluding hydrogens is 422 g/mol. The fourth-order valence-electron chi connectivity index (χ4n) is 5.64. The Kier molecular flexibility index (Phi) is 6.14. The van der Waals surface area contributed by atoms with Crippen molar-refractivity contribution in [1.29, 1.82) is 0 Å². The van der Waals surface area contributed by atoms with E-state index in [2.05, 4.69) is 24.1 Å². The lowest BCUT2D eigenvalue weighted by Gasteiger charge is -2.48. The van der Waals surface area contributed by atoms with Gasteiger partial charge in [0.1, 0.15) is 17.9 Å². The molecule has 0 aromatic heterocycles. The summed E-state index contributed by atoms with van der Waals surface area (Å²) in [6.07, 6.45) is 5.86. The van der Waals surface area contributed by atoms with E-state index in [1.165, 1.54) is 6.42 Å². The van der Waals surface area contributed by atoms with Gasteiger partial charge in [0.25, 0.3) is 5.91 Å². The molecule has 2 saturated heterocycles. The van der Waals surface area contributed by atoms with Crippen molar-refractivity contribution in [2.24, 2.45) is 0 Å². The Bertz CT molecular complexity index is 942. The summed E-state index contributed by atoms with van der Waals surface area (Å²) in [5, 5.41) is 2.35. The number of fused-ring (bicyclic) bond motifs is 1. The molecule has 1 aromatic rings. The summed E-state index contributed by atoms with van der Waals surface area (Å²) < 4.78 is 12.4. The van der Waals surface area contributed by atoms with Gasteiger partial charge in [0.2, 0.25) is 11.8 Å². The quantitative estimate of drug-likeness (QED) is 0.662. The lowest BCUT2D eigenvalue weighted by atomic mass is 9.89. The molecule has 3 atom stereocenters. The van der Waals surface area contributed by atoms with E-state index in [1.54, 1.807) is 4.90 Å². The molecule has 8 nitrogen and oxygen atoms in total. The predicted octanol–water partition coefficient (Wildman–Crippen LogP) is 2.25. The summed E-state index contributed by atoms with van der Waals surface area (Å²) >= 11 is 0. The van der Waals surface area contributed by atoms with Gasteiger partial charge in [0.05, 0.1) is 12.2 Å². The Balaban J connectivity index is 1.24. The molecule has 0 bridgehead atoms. The number of imide groups is 1. The second-order valence-electron chi connectivity index (χ2n) is 9.99. The molecule has 4 aliphatic rings. The van der Waals surface area contributed by atoms with E-state index in [0.717, 1.165) is 43.7 Å². The van der Waals surface area contributed by atoms with Crippen molar-refractivity contribution in [3.63, 3.8) is 0 Å². The number of ether oxygens (including phenoxy) is 2. The fourth-order valence-corrected chi connectivity index (χ4v) is 5.64. The molecule has 3 aliphatic heterocycles. The van der Waals surface area contributed by atoms with Gasteiger partial charge in [-0.1, -0.05) is 6.42 Å². The lowest BCUT2D eigenvalue weighted by molar-refractivity contribution is -0.136. The van der Waals surface area contributed by atoms with Gasteiger partial charge < -0.3 is 14.4 Å². The van der Waals surface area contributed by atoms with Crippen LogP contribution in [-0.4, -0.2) is 71.0 Å². The highest BCUT2D eigenvalue weighted by Gasteiger charge is 2.41. The number of amides is 3. The number of carbonyl (C=O) groups is 3. The molecule has 3 heterocycles. The first-order valence-corrected chi connectivity index (χ1v) is 12.2. The topological polar surface area (TPSA) is 88.2 Å². The van der Waals surface area contributed by atoms with Crippen molar-refractivity contribution >= 4 is 17.7 Å². The fraction of sp³-hybridized carbons (Fsp3) is 0.640. The minimum atomic E-state index is -0.595. The zero-order valence-corrected chi connectivity index (χ0v) is 19.4. The number of hydrogen-bond donors (Lipinski definition) is 1. The number of nitrogens with one attached hydrogen (secondary N) is 1. The van der Waals surface area contributed by atoms with Crippen LogP contribution >= 0.6 is 0 Å². The van der Waals surface area contributed by atoms with Crippen LogP contribution in [0, 0.1) is 0 Å². The highest BCUT2D eigenvalue weighted by atomic mass is 16.5. The first kappa shape index (κ1) is 22.3. The van der Waals surface area contributed by atoms with Gasteiger partial charge in [-0.05, 0) is 63.3 Å². The summed E-state index contributed by atoms with van der Waals surface area (Å²) in [6, 6.07) is 5.43. The predicted molar refractivity (Wildman–Crippen MR) is 121 cm³/mol. The van der Waals surface area contributed by atoms with E-state index < -0.39 is 6.04 Å². The Morgan fingerprint density at radius 3 is 2.61 bits per heavy atom. The average molecular weight is 456 g/mol. The first-order valence-electron chi connectivity index (χ1n) is 12.2. The molecule has 0 radical (unpaired) electrons. The van der Waals surface area contributed by atoms with Crippen LogP contribution < -0.4 is 10.1 Å². The van der Waals surface area contributed by atoms with Crippen LogP contribution in [0.2, 0.25) is 0 Å². The van der Waals surface area contributed by atoms with Crippen LogP contribution in [0.25, 0.3) is 0 Å². The zero-order valence-electron chi connectivity index (χ0n) is 19.4. The standard InChI is InChI=1S/C25H33N3O5/c1-15(2)32-18-13-27(14-18)20-5-3-4-6-22(20)33-17-7-8-19-16(11-17)12-28(25(19)31)21-9-10-23(29)26-24(21)30/h7-8,11,15,18,20-22H,3-6,9-10,12-14H2,1-2H3,(H,26,29,30)/t20-,21?,22+/m0/s1. The van der Waals surface area contributed by atoms with Crippen LogP contribution in [0.1, 0.15) is 68.3 Å². The van der Waals surface area contributed by atoms with Gasteiger partial charge in [-0.3, -0.25) is 24.6 Å². The van der Waals surface area contributed by atoms with Crippen LogP contribution in [0.15, 0.2) is 18.2 Å². The number of piperidine rings is 1. The number of nitrogens with zero attached hydrogens (tertiary/aromatic N) is 2. The summed E-state index contributed by atoms with van der Waals surface area (Å²) in [4.78, 5) is 40.7. The largest absolute Gasteiger partial charge is 0.489 e. The maximum Gasteiger partial charge on any atom is 0.255 e. The third-order valence-corrected chi connectivity index (χ3v) is 7.26. The summed E-state index contributed by atoms with van der Waals surface area (Å²) in [5.74, 6) is -0.0388. The summed E-state index contributed by atoms with van der Waals surface area (Å²) in [7, 11) is 0. The second-order valence-corrected chi connectivity index (χ2v) is 9.99. The summed E-state index contributed by atoms with van der Waals surface area (Å²) in [6.45, 7) is 6.45. The Labute approximate surface area is 194 Å². The number of rotatable bonds is 6. The number of benzene rings is 1. The lowest BCUT2D eigenvalue weighted by Crippen LogP contribution is -2.61.